The van der Waals surface area contributed by atoms with E-state index < -0.39 is 4.92 Å². The van der Waals surface area contributed by atoms with Gasteiger partial charge in [-0.1, -0.05) is 11.6 Å². The maximum Gasteiger partial charge on any atom is 0.273 e. The Kier molecular flexibility index (Phi) is 2.94. The number of nitro benzene ring substituents is 1. The molecule has 1 aromatic carbocycles. The molecule has 2 heterocycles. The number of benzene rings is 1. The van der Waals surface area contributed by atoms with E-state index in [9.17, 15) is 10.1 Å². The van der Waals surface area contributed by atoms with E-state index in [1.54, 1.807) is 6.33 Å². The molecule has 0 spiro atoms. The van der Waals surface area contributed by atoms with E-state index >= 15 is 0 Å². The zero-order valence-electron chi connectivity index (χ0n) is 10.7. The van der Waals surface area contributed by atoms with Crippen LogP contribution in [0.4, 0.5) is 5.69 Å². The van der Waals surface area contributed by atoms with E-state index in [1.807, 2.05) is 34.6 Å². The van der Waals surface area contributed by atoms with Crippen molar-refractivity contribution in [3.63, 3.8) is 0 Å². The van der Waals surface area contributed by atoms with Gasteiger partial charge in [0, 0.05) is 37.0 Å². The van der Waals surface area contributed by atoms with Gasteiger partial charge in [-0.3, -0.25) is 10.1 Å². The van der Waals surface area contributed by atoms with Crippen LogP contribution >= 0.6 is 11.6 Å². The molecule has 102 valence electrons. The Labute approximate surface area is 119 Å². The van der Waals surface area contributed by atoms with Crippen LogP contribution in [0.3, 0.4) is 0 Å². The summed E-state index contributed by atoms with van der Waals surface area (Å²) in [7, 11) is 1.89. The lowest BCUT2D eigenvalue weighted by Crippen LogP contribution is -1.99. The number of hydrogen-bond acceptors (Lipinski definition) is 3. The van der Waals surface area contributed by atoms with E-state index in [4.69, 9.17) is 11.6 Å². The summed E-state index contributed by atoms with van der Waals surface area (Å²) in [6, 6.07) is 4.75. The van der Waals surface area contributed by atoms with Gasteiger partial charge < -0.3 is 9.13 Å². The molecular formula is C13H11ClN4O2. The van der Waals surface area contributed by atoms with Crippen molar-refractivity contribution in [3.05, 3.63) is 57.8 Å². The quantitative estimate of drug-likeness (QED) is 0.550. The van der Waals surface area contributed by atoms with Gasteiger partial charge in [-0.15, -0.1) is 0 Å². The van der Waals surface area contributed by atoms with Crippen molar-refractivity contribution in [3.8, 4) is 0 Å². The summed E-state index contributed by atoms with van der Waals surface area (Å²) in [5, 5.41) is 12.1. The molecule has 0 unspecified atom stereocenters. The summed E-state index contributed by atoms with van der Waals surface area (Å²) >= 11 is 6.09. The number of fused-ring (bicyclic) bond motifs is 1. The molecule has 0 fully saturated rings. The number of rotatable bonds is 3. The zero-order chi connectivity index (χ0) is 14.3. The molecule has 0 amide bonds. The van der Waals surface area contributed by atoms with Crippen LogP contribution in [0.1, 0.15) is 5.69 Å². The highest BCUT2D eigenvalue weighted by molar-refractivity contribution is 6.35. The average molecular weight is 291 g/mol. The van der Waals surface area contributed by atoms with E-state index in [1.165, 1.54) is 12.1 Å². The molecule has 6 nitrogen and oxygen atoms in total. The largest absolute Gasteiger partial charge is 0.341 e. The predicted octanol–water partition coefficient (Wildman–Crippen LogP) is 2.98. The van der Waals surface area contributed by atoms with Crippen molar-refractivity contribution in [2.45, 2.75) is 6.54 Å². The highest BCUT2D eigenvalue weighted by Gasteiger charge is 2.13. The zero-order valence-corrected chi connectivity index (χ0v) is 11.4. The van der Waals surface area contributed by atoms with Gasteiger partial charge in [-0.05, 0) is 6.07 Å². The highest BCUT2D eigenvalue weighted by atomic mass is 35.5. The number of hydrogen-bond donors (Lipinski definition) is 0. The summed E-state index contributed by atoms with van der Waals surface area (Å²) in [4.78, 5) is 14.7. The first kappa shape index (κ1) is 12.7. The fourth-order valence-electron chi connectivity index (χ4n) is 2.20. The second-order valence-electron chi connectivity index (χ2n) is 4.59. The molecule has 0 N–H and O–H groups in total. The molecule has 0 bridgehead atoms. The highest BCUT2D eigenvalue weighted by Crippen LogP contribution is 2.30. The second-order valence-corrected chi connectivity index (χ2v) is 5.00. The number of nitrogens with zero attached hydrogens (tertiary/aromatic N) is 4. The minimum Gasteiger partial charge on any atom is -0.341 e. The topological polar surface area (TPSA) is 65.9 Å². The van der Waals surface area contributed by atoms with E-state index in [0.717, 1.165) is 16.6 Å². The van der Waals surface area contributed by atoms with Gasteiger partial charge in [-0.2, -0.15) is 0 Å². The van der Waals surface area contributed by atoms with Crippen LogP contribution in [0.25, 0.3) is 10.9 Å². The number of imidazole rings is 1. The van der Waals surface area contributed by atoms with Gasteiger partial charge in [-0.25, -0.2) is 4.98 Å². The average Bonchev–Trinajstić information content (AvgIpc) is 2.97. The molecule has 0 saturated heterocycles. The van der Waals surface area contributed by atoms with Crippen molar-refractivity contribution < 1.29 is 4.92 Å². The molecule has 2 aromatic heterocycles. The summed E-state index contributed by atoms with van der Waals surface area (Å²) in [6.07, 6.45) is 5.48. The Morgan fingerprint density at radius 1 is 1.45 bits per heavy atom. The SMILES string of the molecule is Cn1cnc(Cn2ccc3c(Cl)cc([N+](=O)[O-])cc32)c1. The maximum absolute atomic E-state index is 10.9. The third-order valence-electron chi connectivity index (χ3n) is 3.12. The summed E-state index contributed by atoms with van der Waals surface area (Å²) in [5.74, 6) is 0. The third-order valence-corrected chi connectivity index (χ3v) is 3.44. The van der Waals surface area contributed by atoms with Crippen molar-refractivity contribution in [1.29, 1.82) is 0 Å². The first-order valence-corrected chi connectivity index (χ1v) is 6.32. The summed E-state index contributed by atoms with van der Waals surface area (Å²) in [5.41, 5.74) is 1.60. The van der Waals surface area contributed by atoms with Gasteiger partial charge in [0.1, 0.15) is 0 Å². The van der Waals surface area contributed by atoms with Gasteiger partial charge in [0.2, 0.25) is 0 Å². The van der Waals surface area contributed by atoms with Gasteiger partial charge in [0.25, 0.3) is 5.69 Å². The summed E-state index contributed by atoms with van der Waals surface area (Å²) in [6.45, 7) is 0.543. The van der Waals surface area contributed by atoms with Gasteiger partial charge >= 0.3 is 0 Å². The monoisotopic (exact) mass is 290 g/mol. The van der Waals surface area contributed by atoms with Crippen molar-refractivity contribution in [1.82, 2.24) is 14.1 Å². The number of nitro groups is 1. The second kappa shape index (κ2) is 4.64. The smallest absolute Gasteiger partial charge is 0.273 e. The van der Waals surface area contributed by atoms with Crippen LogP contribution in [-0.2, 0) is 13.6 Å². The number of aryl methyl sites for hydroxylation is 1. The van der Waals surface area contributed by atoms with Crippen LogP contribution in [0, 0.1) is 10.1 Å². The first-order chi connectivity index (χ1) is 9.54. The molecule has 7 heteroatoms. The molecule has 0 aliphatic rings. The lowest BCUT2D eigenvalue weighted by molar-refractivity contribution is -0.384. The van der Waals surface area contributed by atoms with Crippen molar-refractivity contribution >= 4 is 28.2 Å². The predicted molar refractivity (Wildman–Crippen MR) is 75.9 cm³/mol. The molecule has 0 aliphatic heterocycles. The molecule has 3 aromatic rings. The molecule has 0 aliphatic carbocycles. The molecule has 20 heavy (non-hydrogen) atoms. The molecule has 0 atom stereocenters. The Balaban J connectivity index is 2.09. The molecule has 0 saturated carbocycles. The van der Waals surface area contributed by atoms with Crippen molar-refractivity contribution in [2.24, 2.45) is 7.05 Å². The van der Waals surface area contributed by atoms with E-state index in [-0.39, 0.29) is 5.69 Å². The van der Waals surface area contributed by atoms with Crippen molar-refractivity contribution in [2.75, 3.05) is 0 Å². The Hall–Kier alpha value is -2.34. The number of aromatic nitrogens is 3. The Morgan fingerprint density at radius 3 is 2.90 bits per heavy atom. The summed E-state index contributed by atoms with van der Waals surface area (Å²) < 4.78 is 3.76. The minimum atomic E-state index is -0.441. The van der Waals surface area contributed by atoms with Crippen LogP contribution in [0.2, 0.25) is 5.02 Å². The Morgan fingerprint density at radius 2 is 2.25 bits per heavy atom. The lowest BCUT2D eigenvalue weighted by atomic mass is 10.2. The van der Waals surface area contributed by atoms with Gasteiger partial charge in [0.15, 0.2) is 0 Å². The number of halogens is 1. The normalized spacial score (nSPS) is 11.1. The first-order valence-electron chi connectivity index (χ1n) is 5.94. The van der Waals surface area contributed by atoms with E-state index in [0.29, 0.717) is 11.6 Å². The standard InChI is InChI=1S/C13H11ClN4O2/c1-16-6-9(15-8-16)7-17-3-2-11-12(14)4-10(18(19)20)5-13(11)17/h2-6,8H,7H2,1H3. The van der Waals surface area contributed by atoms with Crippen LogP contribution in [0.15, 0.2) is 36.9 Å². The molecule has 3 rings (SSSR count). The lowest BCUT2D eigenvalue weighted by Gasteiger charge is -2.03. The van der Waals surface area contributed by atoms with Crippen LogP contribution in [0.5, 0.6) is 0 Å². The minimum absolute atomic E-state index is 0.0107. The molecular weight excluding hydrogens is 280 g/mol. The third kappa shape index (κ3) is 2.14. The van der Waals surface area contributed by atoms with Crippen LogP contribution < -0.4 is 0 Å². The van der Waals surface area contributed by atoms with E-state index in [2.05, 4.69) is 4.98 Å². The fourth-order valence-corrected chi connectivity index (χ4v) is 2.47. The van der Waals surface area contributed by atoms with Gasteiger partial charge in [0.05, 0.1) is 34.0 Å². The Bertz CT molecular complexity index is 806. The molecule has 0 radical (unpaired) electrons. The maximum atomic E-state index is 10.9. The van der Waals surface area contributed by atoms with Crippen LogP contribution in [-0.4, -0.2) is 19.0 Å². The fraction of sp³-hybridized carbons (Fsp3) is 0.154. The number of non-ortho nitro benzene ring substituents is 1.